The predicted molar refractivity (Wildman–Crippen MR) is 57.2 cm³/mol. The molecule has 68 valence electrons. The average molecular weight is 203 g/mol. The summed E-state index contributed by atoms with van der Waals surface area (Å²) in [5.74, 6) is 0. The fourth-order valence-electron chi connectivity index (χ4n) is 1.21. The van der Waals surface area contributed by atoms with Crippen LogP contribution in [-0.4, -0.2) is 5.38 Å². The highest BCUT2D eigenvalue weighted by Gasteiger charge is 2.03. The Morgan fingerprint density at radius 3 is 2.92 bits per heavy atom. The molecule has 0 aliphatic rings. The van der Waals surface area contributed by atoms with Crippen molar-refractivity contribution in [3.8, 4) is 0 Å². The Morgan fingerprint density at radius 1 is 1.50 bits per heavy atom. The summed E-state index contributed by atoms with van der Waals surface area (Å²) in [5, 5.41) is 2.50. The van der Waals surface area contributed by atoms with Crippen LogP contribution in [0.25, 0.3) is 0 Å². The molecule has 1 aromatic heterocycles. The molecule has 0 nitrogen and oxygen atoms in total. The van der Waals surface area contributed by atoms with E-state index in [4.69, 9.17) is 11.6 Å². The van der Waals surface area contributed by atoms with Gasteiger partial charge in [-0.2, -0.15) is 0 Å². The van der Waals surface area contributed by atoms with Gasteiger partial charge in [0.2, 0.25) is 0 Å². The normalized spacial score (nSPS) is 13.2. The third-order valence-corrected chi connectivity index (χ3v) is 3.26. The first-order chi connectivity index (χ1) is 5.83. The second-order valence-electron chi connectivity index (χ2n) is 3.00. The number of alkyl halides is 1. The van der Waals surface area contributed by atoms with Gasteiger partial charge < -0.3 is 0 Å². The average Bonchev–Trinajstić information content (AvgIpc) is 2.53. The summed E-state index contributed by atoms with van der Waals surface area (Å²) in [6.45, 7) is 2.18. The maximum atomic E-state index is 6.10. The Hall–Kier alpha value is -0.0100. The highest BCUT2D eigenvalue weighted by atomic mass is 35.5. The molecule has 0 spiro atoms. The molecule has 0 aromatic carbocycles. The number of thiophene rings is 1. The number of hydrogen-bond donors (Lipinski definition) is 0. The van der Waals surface area contributed by atoms with Gasteiger partial charge in [-0.3, -0.25) is 0 Å². The Labute approximate surface area is 83.6 Å². The zero-order valence-electron chi connectivity index (χ0n) is 7.42. The molecule has 1 rings (SSSR count). The second kappa shape index (κ2) is 5.60. The van der Waals surface area contributed by atoms with Crippen molar-refractivity contribution >= 4 is 22.9 Å². The molecular weight excluding hydrogens is 188 g/mol. The van der Waals surface area contributed by atoms with E-state index in [1.165, 1.54) is 11.3 Å². The van der Waals surface area contributed by atoms with E-state index in [2.05, 4.69) is 24.4 Å². The summed E-state index contributed by atoms with van der Waals surface area (Å²) in [7, 11) is 0. The lowest BCUT2D eigenvalue weighted by Crippen LogP contribution is -1.98. The van der Waals surface area contributed by atoms with Crippen molar-refractivity contribution in [2.24, 2.45) is 0 Å². The first-order valence-corrected chi connectivity index (χ1v) is 5.81. The third-order valence-electron chi connectivity index (χ3n) is 1.89. The third kappa shape index (κ3) is 3.59. The van der Waals surface area contributed by atoms with Crippen molar-refractivity contribution < 1.29 is 0 Å². The molecular formula is C10H15ClS. The van der Waals surface area contributed by atoms with Crippen LogP contribution in [0.15, 0.2) is 17.5 Å². The molecule has 2 heteroatoms. The molecule has 1 unspecified atom stereocenters. The minimum Gasteiger partial charge on any atom is -0.149 e. The summed E-state index contributed by atoms with van der Waals surface area (Å²) in [6.07, 6.45) is 4.60. The number of hydrogen-bond acceptors (Lipinski definition) is 1. The molecule has 0 saturated heterocycles. The van der Waals surface area contributed by atoms with Crippen molar-refractivity contribution in [1.29, 1.82) is 0 Å². The van der Waals surface area contributed by atoms with E-state index in [1.807, 2.05) is 11.3 Å². The van der Waals surface area contributed by atoms with Crippen LogP contribution >= 0.6 is 22.9 Å². The summed E-state index contributed by atoms with van der Waals surface area (Å²) < 4.78 is 0. The summed E-state index contributed by atoms with van der Waals surface area (Å²) in [4.78, 5) is 1.46. The van der Waals surface area contributed by atoms with E-state index in [1.54, 1.807) is 0 Å². The highest BCUT2D eigenvalue weighted by Crippen LogP contribution is 2.16. The maximum absolute atomic E-state index is 6.10. The quantitative estimate of drug-likeness (QED) is 0.631. The SMILES string of the molecule is CCCC(Cl)CCc1cccs1. The van der Waals surface area contributed by atoms with Crippen molar-refractivity contribution in [3.63, 3.8) is 0 Å². The van der Waals surface area contributed by atoms with Gasteiger partial charge in [0.25, 0.3) is 0 Å². The number of aryl methyl sites for hydroxylation is 1. The van der Waals surface area contributed by atoms with E-state index >= 15 is 0 Å². The molecule has 0 radical (unpaired) electrons. The fraction of sp³-hybridized carbons (Fsp3) is 0.600. The number of rotatable bonds is 5. The Morgan fingerprint density at radius 2 is 2.33 bits per heavy atom. The van der Waals surface area contributed by atoms with Crippen LogP contribution in [-0.2, 0) is 6.42 Å². The van der Waals surface area contributed by atoms with Gasteiger partial charge in [0.15, 0.2) is 0 Å². The zero-order valence-corrected chi connectivity index (χ0v) is 9.00. The van der Waals surface area contributed by atoms with E-state index in [0.717, 1.165) is 19.3 Å². The molecule has 0 fully saturated rings. The van der Waals surface area contributed by atoms with Gasteiger partial charge in [0.05, 0.1) is 0 Å². The largest absolute Gasteiger partial charge is 0.149 e. The topological polar surface area (TPSA) is 0 Å². The molecule has 1 atom stereocenters. The van der Waals surface area contributed by atoms with Crippen molar-refractivity contribution in [3.05, 3.63) is 22.4 Å². The van der Waals surface area contributed by atoms with E-state index in [-0.39, 0.29) is 0 Å². The van der Waals surface area contributed by atoms with Gasteiger partial charge >= 0.3 is 0 Å². The lowest BCUT2D eigenvalue weighted by atomic mass is 10.1. The minimum atomic E-state index is 0.372. The lowest BCUT2D eigenvalue weighted by Gasteiger charge is -2.05. The predicted octanol–water partition coefficient (Wildman–Crippen LogP) is 4.09. The molecule has 1 heterocycles. The van der Waals surface area contributed by atoms with Gasteiger partial charge in [0.1, 0.15) is 0 Å². The van der Waals surface area contributed by atoms with Crippen LogP contribution in [0.3, 0.4) is 0 Å². The molecule has 0 saturated carbocycles. The van der Waals surface area contributed by atoms with Gasteiger partial charge in [-0.25, -0.2) is 0 Å². The Kier molecular flexibility index (Phi) is 4.70. The van der Waals surface area contributed by atoms with Crippen molar-refractivity contribution in [2.45, 2.75) is 38.0 Å². The van der Waals surface area contributed by atoms with Gasteiger partial charge in [0, 0.05) is 10.3 Å². The van der Waals surface area contributed by atoms with Crippen LogP contribution in [0, 0.1) is 0 Å². The minimum absolute atomic E-state index is 0.372. The summed E-state index contributed by atoms with van der Waals surface area (Å²) in [5.41, 5.74) is 0. The number of halogens is 1. The first kappa shape index (κ1) is 10.1. The second-order valence-corrected chi connectivity index (χ2v) is 4.65. The highest BCUT2D eigenvalue weighted by molar-refractivity contribution is 7.09. The van der Waals surface area contributed by atoms with Crippen LogP contribution < -0.4 is 0 Å². The first-order valence-electron chi connectivity index (χ1n) is 4.49. The van der Waals surface area contributed by atoms with Gasteiger partial charge in [-0.1, -0.05) is 19.4 Å². The van der Waals surface area contributed by atoms with Crippen LogP contribution in [0.1, 0.15) is 31.1 Å². The Balaban J connectivity index is 2.17. The Bertz CT molecular complexity index is 194. The molecule has 0 aliphatic carbocycles. The van der Waals surface area contributed by atoms with Crippen LogP contribution in [0.2, 0.25) is 0 Å². The molecule has 12 heavy (non-hydrogen) atoms. The standard InChI is InChI=1S/C10H15ClS/c1-2-4-9(11)6-7-10-5-3-8-12-10/h3,5,8-9H,2,4,6-7H2,1H3. The molecule has 0 amide bonds. The van der Waals surface area contributed by atoms with E-state index in [9.17, 15) is 0 Å². The fourth-order valence-corrected chi connectivity index (χ4v) is 2.26. The monoisotopic (exact) mass is 202 g/mol. The van der Waals surface area contributed by atoms with Gasteiger partial charge in [-0.05, 0) is 30.7 Å². The zero-order chi connectivity index (χ0) is 8.81. The van der Waals surface area contributed by atoms with Crippen molar-refractivity contribution in [1.82, 2.24) is 0 Å². The smallest absolute Gasteiger partial charge is 0.0339 e. The van der Waals surface area contributed by atoms with Crippen LogP contribution in [0.5, 0.6) is 0 Å². The summed E-state index contributed by atoms with van der Waals surface area (Å²) in [6, 6.07) is 4.28. The maximum Gasteiger partial charge on any atom is 0.0339 e. The molecule has 0 aliphatic heterocycles. The van der Waals surface area contributed by atoms with Crippen molar-refractivity contribution in [2.75, 3.05) is 0 Å². The van der Waals surface area contributed by atoms with E-state index in [0.29, 0.717) is 5.38 Å². The molecule has 0 N–H and O–H groups in total. The molecule has 1 aromatic rings. The van der Waals surface area contributed by atoms with Crippen LogP contribution in [0.4, 0.5) is 0 Å². The lowest BCUT2D eigenvalue weighted by molar-refractivity contribution is 0.679. The molecule has 0 bridgehead atoms. The summed E-state index contributed by atoms with van der Waals surface area (Å²) >= 11 is 7.93. The van der Waals surface area contributed by atoms with E-state index < -0.39 is 0 Å². The van der Waals surface area contributed by atoms with Gasteiger partial charge in [-0.15, -0.1) is 22.9 Å².